The smallest absolute Gasteiger partial charge is 0.303 e. The van der Waals surface area contributed by atoms with Gasteiger partial charge in [0.2, 0.25) is 0 Å². The number of carbonyl (C=O) groups is 3. The molecule has 0 saturated carbocycles. The number of aliphatic carboxylic acids is 1. The zero-order valence-corrected chi connectivity index (χ0v) is 12.4. The minimum Gasteiger partial charge on any atom is -0.481 e. The lowest BCUT2D eigenvalue weighted by Crippen LogP contribution is -2.29. The fourth-order valence-corrected chi connectivity index (χ4v) is 2.65. The highest BCUT2D eigenvalue weighted by Gasteiger charge is 2.35. The molecule has 5 nitrogen and oxygen atoms in total. The van der Waals surface area contributed by atoms with E-state index in [1.807, 2.05) is 30.3 Å². The molecule has 1 aliphatic rings. The third-order valence-corrected chi connectivity index (χ3v) is 3.85. The van der Waals surface area contributed by atoms with Gasteiger partial charge in [0.25, 0.3) is 11.8 Å². The van der Waals surface area contributed by atoms with Crippen LogP contribution in [0, 0.1) is 0 Å². The first-order chi connectivity index (χ1) is 11.1. The average molecular weight is 309 g/mol. The Morgan fingerprint density at radius 3 is 2.30 bits per heavy atom. The molecule has 2 aromatic rings. The second-order valence-corrected chi connectivity index (χ2v) is 5.46. The van der Waals surface area contributed by atoms with Gasteiger partial charge in [0.1, 0.15) is 0 Å². The first-order valence-corrected chi connectivity index (χ1v) is 7.31. The summed E-state index contributed by atoms with van der Waals surface area (Å²) in [6.07, 6.45) is 0.331. The molecule has 3 rings (SSSR count). The average Bonchev–Trinajstić information content (AvgIpc) is 2.79. The van der Waals surface area contributed by atoms with Crippen LogP contribution in [0.4, 0.5) is 0 Å². The largest absolute Gasteiger partial charge is 0.481 e. The molecule has 23 heavy (non-hydrogen) atoms. The quantitative estimate of drug-likeness (QED) is 0.861. The Morgan fingerprint density at radius 2 is 1.61 bits per heavy atom. The third-order valence-electron chi connectivity index (χ3n) is 3.85. The van der Waals surface area contributed by atoms with E-state index in [1.54, 1.807) is 18.2 Å². The standard InChI is InChI=1S/C18H15NO4/c20-16(21)9-7-12-6-8-14-15(10-12)18(23)19(17(14)22)11-13-4-2-1-3-5-13/h1-6,8,10H,7,9,11H2,(H,20,21). The van der Waals surface area contributed by atoms with Gasteiger partial charge in [0.15, 0.2) is 0 Å². The SMILES string of the molecule is O=C(O)CCc1ccc2c(c1)C(=O)N(Cc1ccccc1)C2=O. The number of rotatable bonds is 5. The Morgan fingerprint density at radius 1 is 0.913 bits per heavy atom. The highest BCUT2D eigenvalue weighted by molar-refractivity contribution is 6.21. The van der Waals surface area contributed by atoms with E-state index in [0.29, 0.717) is 17.5 Å². The Balaban J connectivity index is 1.83. The number of amides is 2. The van der Waals surface area contributed by atoms with Gasteiger partial charge in [-0.15, -0.1) is 0 Å². The van der Waals surface area contributed by atoms with Crippen molar-refractivity contribution in [3.63, 3.8) is 0 Å². The van der Waals surface area contributed by atoms with Crippen LogP contribution in [0.15, 0.2) is 48.5 Å². The maximum atomic E-state index is 12.5. The zero-order valence-electron chi connectivity index (χ0n) is 12.4. The summed E-state index contributed by atoms with van der Waals surface area (Å²) in [5.41, 5.74) is 2.36. The molecule has 0 aromatic heterocycles. The van der Waals surface area contributed by atoms with E-state index in [-0.39, 0.29) is 24.8 Å². The Kier molecular flexibility index (Phi) is 3.93. The predicted molar refractivity (Wildman–Crippen MR) is 83.0 cm³/mol. The number of hydrogen-bond donors (Lipinski definition) is 1. The lowest BCUT2D eigenvalue weighted by molar-refractivity contribution is -0.136. The van der Waals surface area contributed by atoms with Crippen LogP contribution in [-0.4, -0.2) is 27.8 Å². The number of nitrogens with zero attached hydrogens (tertiary/aromatic N) is 1. The summed E-state index contributed by atoms with van der Waals surface area (Å²) in [6, 6.07) is 14.3. The minimum absolute atomic E-state index is 0.00530. The van der Waals surface area contributed by atoms with Crippen molar-refractivity contribution < 1.29 is 19.5 Å². The van der Waals surface area contributed by atoms with E-state index >= 15 is 0 Å². The molecular weight excluding hydrogens is 294 g/mol. The van der Waals surface area contributed by atoms with Gasteiger partial charge in [-0.3, -0.25) is 19.3 Å². The lowest BCUT2D eigenvalue weighted by Gasteiger charge is -2.13. The van der Waals surface area contributed by atoms with Crippen LogP contribution in [0.2, 0.25) is 0 Å². The van der Waals surface area contributed by atoms with Crippen LogP contribution in [0.25, 0.3) is 0 Å². The van der Waals surface area contributed by atoms with E-state index in [9.17, 15) is 14.4 Å². The van der Waals surface area contributed by atoms with E-state index in [1.165, 1.54) is 4.90 Å². The highest BCUT2D eigenvalue weighted by atomic mass is 16.4. The molecule has 5 heteroatoms. The summed E-state index contributed by atoms with van der Waals surface area (Å²) < 4.78 is 0. The summed E-state index contributed by atoms with van der Waals surface area (Å²) in [7, 11) is 0. The molecule has 0 bridgehead atoms. The maximum absolute atomic E-state index is 12.5. The van der Waals surface area contributed by atoms with E-state index in [0.717, 1.165) is 11.1 Å². The van der Waals surface area contributed by atoms with Crippen molar-refractivity contribution in [3.8, 4) is 0 Å². The molecule has 1 heterocycles. The molecule has 1 aliphatic heterocycles. The van der Waals surface area contributed by atoms with Crippen molar-refractivity contribution in [2.45, 2.75) is 19.4 Å². The first-order valence-electron chi connectivity index (χ1n) is 7.31. The summed E-state index contributed by atoms with van der Waals surface area (Å²) in [5, 5.41) is 8.74. The molecule has 0 radical (unpaired) electrons. The second kappa shape index (κ2) is 6.04. The summed E-state index contributed by atoms with van der Waals surface area (Å²) in [4.78, 5) is 36.8. The number of carboxylic acid groups (broad SMARTS) is 1. The monoisotopic (exact) mass is 309 g/mol. The van der Waals surface area contributed by atoms with Crippen LogP contribution in [0.5, 0.6) is 0 Å². The van der Waals surface area contributed by atoms with Crippen LogP contribution < -0.4 is 0 Å². The molecule has 0 spiro atoms. The summed E-state index contributed by atoms with van der Waals surface area (Å²) in [5.74, 6) is -1.52. The minimum atomic E-state index is -0.890. The molecule has 1 N–H and O–H groups in total. The molecule has 0 unspecified atom stereocenters. The molecule has 0 saturated heterocycles. The number of carboxylic acids is 1. The van der Waals surface area contributed by atoms with E-state index in [4.69, 9.17) is 5.11 Å². The summed E-state index contributed by atoms with van der Waals surface area (Å²) >= 11 is 0. The van der Waals surface area contributed by atoms with Gasteiger partial charge < -0.3 is 5.11 Å². The van der Waals surface area contributed by atoms with Gasteiger partial charge in [-0.05, 0) is 29.7 Å². The first kappa shape index (κ1) is 15.0. The molecule has 116 valence electrons. The number of aryl methyl sites for hydroxylation is 1. The molecule has 2 amide bonds. The van der Waals surface area contributed by atoms with Crippen molar-refractivity contribution in [2.75, 3.05) is 0 Å². The molecule has 0 atom stereocenters. The Hall–Kier alpha value is -2.95. The fourth-order valence-electron chi connectivity index (χ4n) is 2.65. The molecular formula is C18H15NO4. The third kappa shape index (κ3) is 2.99. The second-order valence-electron chi connectivity index (χ2n) is 5.46. The Bertz CT molecular complexity index is 783. The van der Waals surface area contributed by atoms with Gasteiger partial charge in [-0.1, -0.05) is 36.4 Å². The topological polar surface area (TPSA) is 74.7 Å². The van der Waals surface area contributed by atoms with E-state index < -0.39 is 5.97 Å². The maximum Gasteiger partial charge on any atom is 0.303 e. The van der Waals surface area contributed by atoms with Gasteiger partial charge in [-0.25, -0.2) is 0 Å². The van der Waals surface area contributed by atoms with Crippen molar-refractivity contribution in [2.24, 2.45) is 0 Å². The van der Waals surface area contributed by atoms with Crippen molar-refractivity contribution in [3.05, 3.63) is 70.8 Å². The van der Waals surface area contributed by atoms with Gasteiger partial charge >= 0.3 is 5.97 Å². The zero-order chi connectivity index (χ0) is 16.4. The van der Waals surface area contributed by atoms with Gasteiger partial charge in [0.05, 0.1) is 17.7 Å². The van der Waals surface area contributed by atoms with Crippen molar-refractivity contribution in [1.82, 2.24) is 4.90 Å². The molecule has 0 aliphatic carbocycles. The number of hydrogen-bond acceptors (Lipinski definition) is 3. The lowest BCUT2D eigenvalue weighted by atomic mass is 10.0. The van der Waals surface area contributed by atoms with Crippen molar-refractivity contribution >= 4 is 17.8 Å². The fraction of sp³-hybridized carbons (Fsp3) is 0.167. The van der Waals surface area contributed by atoms with Crippen LogP contribution >= 0.6 is 0 Å². The Labute approximate surface area is 133 Å². The van der Waals surface area contributed by atoms with Crippen LogP contribution in [0.1, 0.15) is 38.3 Å². The highest BCUT2D eigenvalue weighted by Crippen LogP contribution is 2.26. The normalized spacial score (nSPS) is 13.3. The van der Waals surface area contributed by atoms with Crippen LogP contribution in [0.3, 0.4) is 0 Å². The molecule has 2 aromatic carbocycles. The number of benzene rings is 2. The van der Waals surface area contributed by atoms with E-state index in [2.05, 4.69) is 0 Å². The predicted octanol–water partition coefficient (Wildman–Crippen LogP) is 2.50. The molecule has 0 fully saturated rings. The van der Waals surface area contributed by atoms with Crippen LogP contribution in [-0.2, 0) is 17.8 Å². The number of imide groups is 1. The van der Waals surface area contributed by atoms with Gasteiger partial charge in [-0.2, -0.15) is 0 Å². The van der Waals surface area contributed by atoms with Crippen molar-refractivity contribution in [1.29, 1.82) is 0 Å². The number of fused-ring (bicyclic) bond motifs is 1. The number of carbonyl (C=O) groups excluding carboxylic acids is 2. The summed E-state index contributed by atoms with van der Waals surface area (Å²) in [6.45, 7) is 0.234. The van der Waals surface area contributed by atoms with Gasteiger partial charge in [0, 0.05) is 6.42 Å².